The molecule has 0 aliphatic heterocycles. The van der Waals surface area contributed by atoms with Crippen molar-refractivity contribution in [2.45, 2.75) is 26.7 Å². The lowest BCUT2D eigenvalue weighted by Gasteiger charge is -1.68. The highest BCUT2D eigenvalue weighted by Gasteiger charge is 1.66. The molecule has 0 saturated heterocycles. The Morgan fingerprint density at radius 3 is 1.56 bits per heavy atom. The Labute approximate surface area is 67.2 Å². The van der Waals surface area contributed by atoms with E-state index in [1.807, 2.05) is 0 Å². The lowest BCUT2D eigenvalue weighted by atomic mass is 10.4. The molecule has 1 amide bonds. The second kappa shape index (κ2) is 15.7. The molecule has 9 heavy (non-hydrogen) atoms. The van der Waals surface area contributed by atoms with Crippen molar-refractivity contribution in [2.24, 2.45) is 5.73 Å². The predicted octanol–water partition coefficient (Wildman–Crippen LogP) is 2.53. The highest BCUT2D eigenvalue weighted by atomic mass is 35.5. The third-order valence-corrected chi connectivity index (χ3v) is 0.500. The van der Waals surface area contributed by atoms with Crippen molar-refractivity contribution in [2.75, 3.05) is 0 Å². The first-order valence-electron chi connectivity index (χ1n) is 2.60. The molecule has 0 bridgehead atoms. The number of hydrogen-bond donors (Lipinski definition) is 1. The Kier molecular flexibility index (Phi) is 27.9. The Balaban J connectivity index is -0.0000000720. The molecule has 0 aliphatic rings. The van der Waals surface area contributed by atoms with E-state index in [1.54, 1.807) is 0 Å². The van der Waals surface area contributed by atoms with Gasteiger partial charge in [-0.25, -0.2) is 0 Å². The van der Waals surface area contributed by atoms with Crippen molar-refractivity contribution in [1.29, 1.82) is 0 Å². The number of hydrogen-bond acceptors (Lipinski definition) is 1. The zero-order valence-electron chi connectivity index (χ0n) is 5.69. The minimum Gasteiger partial charge on any atom is -0.356 e. The summed E-state index contributed by atoms with van der Waals surface area (Å²) >= 11 is 4.41. The van der Waals surface area contributed by atoms with Crippen molar-refractivity contribution in [1.82, 2.24) is 0 Å². The molecule has 0 spiro atoms. The molecule has 0 saturated carbocycles. The van der Waals surface area contributed by atoms with Gasteiger partial charge in [0.25, 0.3) is 0 Å². The third kappa shape index (κ3) is 267. The van der Waals surface area contributed by atoms with Crippen LogP contribution in [0.1, 0.15) is 26.7 Å². The highest BCUT2D eigenvalue weighted by Crippen LogP contribution is 1.76. The van der Waals surface area contributed by atoms with Gasteiger partial charge in [0.2, 0.25) is 0 Å². The van der Waals surface area contributed by atoms with Crippen LogP contribution in [0.5, 0.6) is 0 Å². The molecule has 0 aromatic heterocycles. The van der Waals surface area contributed by atoms with Gasteiger partial charge >= 0.3 is 5.37 Å². The largest absolute Gasteiger partial charge is 0.356 e. The summed E-state index contributed by atoms with van der Waals surface area (Å²) < 4.78 is 0. The lowest BCUT2D eigenvalue weighted by Crippen LogP contribution is -1.94. The smallest absolute Gasteiger partial charge is 0.311 e. The van der Waals surface area contributed by atoms with Crippen molar-refractivity contribution >= 4 is 29.4 Å². The fourth-order valence-corrected chi connectivity index (χ4v) is 0. The zero-order valence-corrected chi connectivity index (χ0v) is 7.26. The molecule has 0 atom stereocenters. The van der Waals surface area contributed by atoms with Crippen LogP contribution in [-0.2, 0) is 0 Å². The van der Waals surface area contributed by atoms with Gasteiger partial charge < -0.3 is 5.73 Å². The highest BCUT2D eigenvalue weighted by molar-refractivity contribution is 6.62. The van der Waals surface area contributed by atoms with E-state index in [0.717, 1.165) is 0 Å². The zero-order chi connectivity index (χ0) is 6.99. The molecular weight excluding hydrogens is 161 g/mol. The van der Waals surface area contributed by atoms with Gasteiger partial charge in [0.15, 0.2) is 0 Å². The number of halogens is 2. The van der Waals surface area contributed by atoms with Gasteiger partial charge in [-0.2, -0.15) is 0 Å². The van der Waals surface area contributed by atoms with E-state index >= 15 is 0 Å². The van der Waals surface area contributed by atoms with E-state index < -0.39 is 5.37 Å². The van der Waals surface area contributed by atoms with E-state index in [-0.39, 0.29) is 12.4 Å². The molecule has 0 aromatic carbocycles. The van der Waals surface area contributed by atoms with Crippen molar-refractivity contribution < 1.29 is 4.79 Å². The topological polar surface area (TPSA) is 43.1 Å². The van der Waals surface area contributed by atoms with Gasteiger partial charge in [0.05, 0.1) is 0 Å². The number of amides is 1. The van der Waals surface area contributed by atoms with E-state index in [2.05, 4.69) is 31.2 Å². The van der Waals surface area contributed by atoms with Crippen LogP contribution >= 0.6 is 24.0 Å². The minimum atomic E-state index is -0.861. The van der Waals surface area contributed by atoms with Crippen LogP contribution in [-0.4, -0.2) is 5.37 Å². The second-order valence-electron chi connectivity index (χ2n) is 1.30. The molecule has 0 fully saturated rings. The fraction of sp³-hybridized carbons (Fsp3) is 0.800. The number of nitrogens with two attached hydrogens (primary N) is 1. The monoisotopic (exact) mass is 173 g/mol. The molecule has 0 rings (SSSR count). The third-order valence-electron chi connectivity index (χ3n) is 0.500. The molecular formula is C5H13Cl2NO. The number of carbonyl (C=O) groups is 1. The van der Waals surface area contributed by atoms with Crippen LogP contribution in [0.2, 0.25) is 0 Å². The van der Waals surface area contributed by atoms with Gasteiger partial charge in [-0.15, -0.1) is 12.4 Å². The first-order chi connectivity index (χ1) is 3.65. The van der Waals surface area contributed by atoms with Crippen molar-refractivity contribution in [3.8, 4) is 0 Å². The van der Waals surface area contributed by atoms with E-state index in [9.17, 15) is 0 Å². The average molecular weight is 174 g/mol. The first kappa shape index (κ1) is 16.0. The normalized spacial score (nSPS) is 6.11. The maximum absolute atomic E-state index is 8.99. The molecule has 2 nitrogen and oxygen atoms in total. The number of rotatable bonds is 1. The molecule has 4 heteroatoms. The quantitative estimate of drug-likeness (QED) is 0.481. The maximum atomic E-state index is 8.99. The Bertz CT molecular complexity index is 52.9. The molecule has 0 unspecified atom stereocenters. The van der Waals surface area contributed by atoms with Gasteiger partial charge in [0, 0.05) is 0 Å². The van der Waals surface area contributed by atoms with Crippen LogP contribution in [0, 0.1) is 0 Å². The second-order valence-corrected chi connectivity index (χ2v) is 1.68. The first-order valence-corrected chi connectivity index (χ1v) is 2.97. The minimum absolute atomic E-state index is 0. The molecule has 0 aliphatic carbocycles. The SMILES string of the molecule is CCCC.Cl.NC(=O)Cl. The summed E-state index contributed by atoms with van der Waals surface area (Å²) in [5, 5.41) is -0.861. The van der Waals surface area contributed by atoms with Gasteiger partial charge in [-0.05, 0) is 11.6 Å². The van der Waals surface area contributed by atoms with Gasteiger partial charge in [0.1, 0.15) is 0 Å². The standard InChI is InChI=1S/C4H10.CH2ClNO.ClH/c1-3-4-2;2-1(3)4;/h3-4H2,1-2H3;(H2,3,4);1H. The van der Waals surface area contributed by atoms with Crippen molar-refractivity contribution in [3.05, 3.63) is 0 Å². The summed E-state index contributed by atoms with van der Waals surface area (Å²) in [7, 11) is 0. The average Bonchev–Trinajstić information content (AvgIpc) is 1.65. The summed E-state index contributed by atoms with van der Waals surface area (Å²) in [5.74, 6) is 0. The summed E-state index contributed by atoms with van der Waals surface area (Å²) in [6.45, 7) is 4.36. The number of carbonyl (C=O) groups excluding carboxylic acids is 1. The number of unbranched alkanes of at least 4 members (excludes halogenated alkanes) is 1. The fourth-order valence-electron chi connectivity index (χ4n) is 0. The summed E-state index contributed by atoms with van der Waals surface area (Å²) in [6.07, 6.45) is 2.64. The Hall–Kier alpha value is 0.0500. The van der Waals surface area contributed by atoms with Crippen LogP contribution < -0.4 is 5.73 Å². The van der Waals surface area contributed by atoms with Crippen LogP contribution in [0.4, 0.5) is 4.79 Å². The maximum Gasteiger partial charge on any atom is 0.311 e. The summed E-state index contributed by atoms with van der Waals surface area (Å²) in [6, 6.07) is 0. The Morgan fingerprint density at radius 2 is 1.56 bits per heavy atom. The van der Waals surface area contributed by atoms with E-state index in [4.69, 9.17) is 4.79 Å². The van der Waals surface area contributed by atoms with Gasteiger partial charge in [-0.1, -0.05) is 26.7 Å². The molecule has 2 N–H and O–H groups in total. The van der Waals surface area contributed by atoms with E-state index in [0.29, 0.717) is 0 Å². The van der Waals surface area contributed by atoms with Gasteiger partial charge in [-0.3, -0.25) is 4.79 Å². The molecule has 58 valence electrons. The molecule has 0 aromatic rings. The van der Waals surface area contributed by atoms with Crippen LogP contribution in [0.25, 0.3) is 0 Å². The van der Waals surface area contributed by atoms with Crippen LogP contribution in [0.15, 0.2) is 0 Å². The lowest BCUT2D eigenvalue weighted by molar-refractivity contribution is 0.266. The Morgan fingerprint density at radius 1 is 1.44 bits per heavy atom. The van der Waals surface area contributed by atoms with Crippen LogP contribution in [0.3, 0.4) is 0 Å². The molecule has 0 heterocycles. The van der Waals surface area contributed by atoms with Crippen molar-refractivity contribution in [3.63, 3.8) is 0 Å². The summed E-state index contributed by atoms with van der Waals surface area (Å²) in [5.41, 5.74) is 4.24. The summed E-state index contributed by atoms with van der Waals surface area (Å²) in [4.78, 5) is 8.99. The van der Waals surface area contributed by atoms with E-state index in [1.165, 1.54) is 12.8 Å². The molecule has 0 radical (unpaired) electrons. The number of primary amides is 1. The predicted molar refractivity (Wildman–Crippen MR) is 43.3 cm³/mol.